The summed E-state index contributed by atoms with van der Waals surface area (Å²) >= 11 is 0. The summed E-state index contributed by atoms with van der Waals surface area (Å²) in [5.74, 6) is 7.02. The van der Waals surface area contributed by atoms with E-state index in [1.807, 2.05) is 0 Å². The number of hydrogen-bond acceptors (Lipinski definition) is 2. The smallest absolute Gasteiger partial charge is 0.123 e. The Bertz CT molecular complexity index is 322. The largest absolute Gasteiger partial charge is 0.347 e. The zero-order chi connectivity index (χ0) is 10.6. The summed E-state index contributed by atoms with van der Waals surface area (Å²) in [6, 6.07) is -0.111. The summed E-state index contributed by atoms with van der Waals surface area (Å²) < 4.78 is 0. The molecule has 0 aliphatic heterocycles. The highest BCUT2D eigenvalue weighted by Crippen LogP contribution is 2.12. The van der Waals surface area contributed by atoms with Gasteiger partial charge in [-0.05, 0) is 20.8 Å². The Morgan fingerprint density at radius 3 is 2.79 bits per heavy atom. The van der Waals surface area contributed by atoms with Crippen LogP contribution in [0.3, 0.4) is 0 Å². The fraction of sp³-hybridized carbons (Fsp3) is 0.545. The number of nitrogens with zero attached hydrogens (tertiary/aromatic N) is 1. The molecule has 1 unspecified atom stereocenters. The number of imidazole rings is 1. The molecule has 0 amide bonds. The van der Waals surface area contributed by atoms with Crippen LogP contribution in [0.2, 0.25) is 0 Å². The molecule has 3 heteroatoms. The van der Waals surface area contributed by atoms with Gasteiger partial charge >= 0.3 is 0 Å². The number of nitrogens with two attached hydrogens (primary N) is 1. The number of H-pyrrole nitrogens is 1. The molecular weight excluding hydrogens is 174 g/mol. The second-order valence-corrected chi connectivity index (χ2v) is 4.34. The summed E-state index contributed by atoms with van der Waals surface area (Å²) in [7, 11) is 0. The first kappa shape index (κ1) is 10.8. The highest BCUT2D eigenvalue weighted by molar-refractivity contribution is 5.10. The summed E-state index contributed by atoms with van der Waals surface area (Å²) in [5.41, 5.74) is 5.92. The first-order valence-electron chi connectivity index (χ1n) is 4.74. The second kappa shape index (κ2) is 4.30. The van der Waals surface area contributed by atoms with E-state index in [-0.39, 0.29) is 11.5 Å². The summed E-state index contributed by atoms with van der Waals surface area (Å²) in [6.07, 6.45) is 4.11. The fourth-order valence-corrected chi connectivity index (χ4v) is 1.00. The van der Waals surface area contributed by atoms with Gasteiger partial charge in [-0.15, -0.1) is 5.92 Å². The quantitative estimate of drug-likeness (QED) is 0.701. The van der Waals surface area contributed by atoms with Gasteiger partial charge in [-0.3, -0.25) is 0 Å². The van der Waals surface area contributed by atoms with Gasteiger partial charge < -0.3 is 10.7 Å². The van der Waals surface area contributed by atoms with E-state index < -0.39 is 0 Å². The van der Waals surface area contributed by atoms with Crippen molar-refractivity contribution in [2.75, 3.05) is 0 Å². The molecule has 0 bridgehead atoms. The molecule has 1 heterocycles. The zero-order valence-corrected chi connectivity index (χ0v) is 8.96. The molecule has 0 radical (unpaired) electrons. The van der Waals surface area contributed by atoms with Crippen molar-refractivity contribution in [3.63, 3.8) is 0 Å². The highest BCUT2D eigenvalue weighted by Gasteiger charge is 2.07. The van der Waals surface area contributed by atoms with E-state index in [9.17, 15) is 0 Å². The number of rotatable bonds is 2. The molecule has 76 valence electrons. The Morgan fingerprint density at radius 1 is 1.57 bits per heavy atom. The molecule has 0 spiro atoms. The average Bonchev–Trinajstić information content (AvgIpc) is 2.53. The number of hydrogen-bond donors (Lipinski definition) is 2. The summed E-state index contributed by atoms with van der Waals surface area (Å²) in [5, 5.41) is 0. The van der Waals surface area contributed by atoms with E-state index in [0.717, 1.165) is 5.82 Å². The Balaban J connectivity index is 2.50. The van der Waals surface area contributed by atoms with Crippen molar-refractivity contribution in [1.29, 1.82) is 0 Å². The Morgan fingerprint density at radius 2 is 2.29 bits per heavy atom. The molecule has 1 aromatic heterocycles. The maximum absolute atomic E-state index is 5.87. The van der Waals surface area contributed by atoms with Crippen LogP contribution < -0.4 is 5.73 Å². The van der Waals surface area contributed by atoms with Gasteiger partial charge in [0.15, 0.2) is 0 Å². The van der Waals surface area contributed by atoms with Crippen LogP contribution in [0, 0.1) is 17.3 Å². The Labute approximate surface area is 85.1 Å². The van der Waals surface area contributed by atoms with Crippen LogP contribution in [-0.2, 0) is 0 Å². The Kier molecular flexibility index (Phi) is 3.32. The first-order valence-corrected chi connectivity index (χ1v) is 4.74. The minimum Gasteiger partial charge on any atom is -0.347 e. The number of aromatic amines is 1. The van der Waals surface area contributed by atoms with Crippen LogP contribution in [0.25, 0.3) is 0 Å². The fourth-order valence-electron chi connectivity index (χ4n) is 1.00. The molecule has 0 aromatic carbocycles. The molecule has 0 saturated carbocycles. The van der Waals surface area contributed by atoms with Crippen LogP contribution in [0.4, 0.5) is 0 Å². The van der Waals surface area contributed by atoms with Crippen molar-refractivity contribution in [2.24, 2.45) is 11.1 Å². The Hall–Kier alpha value is -1.27. The second-order valence-electron chi connectivity index (χ2n) is 4.34. The summed E-state index contributed by atoms with van der Waals surface area (Å²) in [6.45, 7) is 6.25. The standard InChI is InChI=1S/C11H17N3/c1-11(2,3)6-4-5-9(12)10-13-7-8-14-10/h7-9H,5,12H2,1-3H3,(H,13,14). The number of aromatic nitrogens is 2. The monoisotopic (exact) mass is 191 g/mol. The normalized spacial score (nSPS) is 13.1. The molecule has 0 saturated heterocycles. The van der Waals surface area contributed by atoms with Crippen molar-refractivity contribution >= 4 is 0 Å². The molecular formula is C11H17N3. The number of nitrogens with one attached hydrogen (secondary N) is 1. The van der Waals surface area contributed by atoms with Gasteiger partial charge in [-0.2, -0.15) is 0 Å². The highest BCUT2D eigenvalue weighted by atomic mass is 14.9. The van der Waals surface area contributed by atoms with E-state index in [1.165, 1.54) is 0 Å². The third kappa shape index (κ3) is 3.63. The van der Waals surface area contributed by atoms with Gasteiger partial charge in [0.05, 0.1) is 6.04 Å². The lowest BCUT2D eigenvalue weighted by Crippen LogP contribution is -2.11. The molecule has 1 rings (SSSR count). The van der Waals surface area contributed by atoms with Gasteiger partial charge in [0, 0.05) is 24.2 Å². The maximum Gasteiger partial charge on any atom is 0.123 e. The van der Waals surface area contributed by atoms with Gasteiger partial charge in [0.2, 0.25) is 0 Å². The average molecular weight is 191 g/mol. The predicted octanol–water partition coefficient (Wildman–Crippen LogP) is 1.85. The third-order valence-electron chi connectivity index (χ3n) is 1.66. The predicted molar refractivity (Wildman–Crippen MR) is 57.4 cm³/mol. The van der Waals surface area contributed by atoms with E-state index in [4.69, 9.17) is 5.73 Å². The third-order valence-corrected chi connectivity index (χ3v) is 1.66. The topological polar surface area (TPSA) is 54.7 Å². The first-order chi connectivity index (χ1) is 6.49. The molecule has 0 fully saturated rings. The van der Waals surface area contributed by atoms with E-state index in [1.54, 1.807) is 12.4 Å². The van der Waals surface area contributed by atoms with Crippen LogP contribution in [0.5, 0.6) is 0 Å². The molecule has 1 atom stereocenters. The maximum atomic E-state index is 5.87. The van der Waals surface area contributed by atoms with Crippen LogP contribution in [-0.4, -0.2) is 9.97 Å². The lowest BCUT2D eigenvalue weighted by atomic mass is 9.97. The SMILES string of the molecule is CC(C)(C)C#CCC(N)c1ncc[nH]1. The van der Waals surface area contributed by atoms with Gasteiger partial charge in [0.25, 0.3) is 0 Å². The lowest BCUT2D eigenvalue weighted by molar-refractivity contribution is 0.569. The molecule has 3 nitrogen and oxygen atoms in total. The van der Waals surface area contributed by atoms with Gasteiger partial charge in [-0.25, -0.2) is 4.98 Å². The van der Waals surface area contributed by atoms with E-state index in [0.29, 0.717) is 6.42 Å². The van der Waals surface area contributed by atoms with Gasteiger partial charge in [0.1, 0.15) is 5.82 Å². The van der Waals surface area contributed by atoms with Crippen LogP contribution >= 0.6 is 0 Å². The van der Waals surface area contributed by atoms with Crippen LogP contribution in [0.1, 0.15) is 39.1 Å². The molecule has 1 aromatic rings. The molecule has 3 N–H and O–H groups in total. The van der Waals surface area contributed by atoms with Crippen molar-refractivity contribution in [2.45, 2.75) is 33.2 Å². The lowest BCUT2D eigenvalue weighted by Gasteiger charge is -2.08. The minimum absolute atomic E-state index is 0.0445. The van der Waals surface area contributed by atoms with Crippen molar-refractivity contribution < 1.29 is 0 Å². The molecule has 0 aliphatic carbocycles. The van der Waals surface area contributed by atoms with Crippen molar-refractivity contribution in [3.8, 4) is 11.8 Å². The van der Waals surface area contributed by atoms with Gasteiger partial charge in [-0.1, -0.05) is 5.92 Å². The summed E-state index contributed by atoms with van der Waals surface area (Å²) in [4.78, 5) is 7.06. The molecule has 14 heavy (non-hydrogen) atoms. The molecule has 0 aliphatic rings. The minimum atomic E-state index is -0.111. The van der Waals surface area contributed by atoms with Crippen molar-refractivity contribution in [1.82, 2.24) is 9.97 Å². The van der Waals surface area contributed by atoms with Crippen LogP contribution in [0.15, 0.2) is 12.4 Å². The van der Waals surface area contributed by atoms with E-state index >= 15 is 0 Å². The van der Waals surface area contributed by atoms with Crippen molar-refractivity contribution in [3.05, 3.63) is 18.2 Å². The van der Waals surface area contributed by atoms with E-state index in [2.05, 4.69) is 42.6 Å². The zero-order valence-electron chi connectivity index (χ0n) is 8.96.